The Kier molecular flexibility index (Phi) is 4.09. The van der Waals surface area contributed by atoms with Crippen molar-refractivity contribution in [1.29, 1.82) is 0 Å². The molecule has 1 aromatic carbocycles. The average molecular weight is 317 g/mol. The third kappa shape index (κ3) is 2.95. The Balaban J connectivity index is 1.85. The molecule has 0 saturated heterocycles. The van der Waals surface area contributed by atoms with Crippen molar-refractivity contribution >= 4 is 28.4 Å². The summed E-state index contributed by atoms with van der Waals surface area (Å²) in [6.45, 7) is -0.265. The Bertz CT molecular complexity index is 802. The van der Waals surface area contributed by atoms with Gasteiger partial charge in [0.25, 0.3) is 5.91 Å². The molecular weight excluding hydrogens is 304 g/mol. The van der Waals surface area contributed by atoms with E-state index < -0.39 is 11.9 Å². The molecular formula is C16H13ClN2O3. The van der Waals surface area contributed by atoms with Gasteiger partial charge in [-0.1, -0.05) is 23.7 Å². The van der Waals surface area contributed by atoms with Crippen LogP contribution in [0, 0.1) is 0 Å². The van der Waals surface area contributed by atoms with Gasteiger partial charge in [-0.2, -0.15) is 0 Å². The van der Waals surface area contributed by atoms with Gasteiger partial charge in [0.15, 0.2) is 0 Å². The lowest BCUT2D eigenvalue weighted by Crippen LogP contribution is -2.31. The summed E-state index contributed by atoms with van der Waals surface area (Å²) < 4.78 is 5.20. The number of furan rings is 1. The fourth-order valence-corrected chi connectivity index (χ4v) is 2.31. The Morgan fingerprint density at radius 1 is 1.32 bits per heavy atom. The maximum atomic E-state index is 12.3. The maximum Gasteiger partial charge on any atom is 0.270 e. The van der Waals surface area contributed by atoms with Crippen LogP contribution in [0.4, 0.5) is 0 Å². The van der Waals surface area contributed by atoms with Crippen molar-refractivity contribution in [2.24, 2.45) is 0 Å². The fraction of sp³-hybridized carbons (Fsp3) is 0.125. The molecule has 3 rings (SSSR count). The topological polar surface area (TPSA) is 75.4 Å². The van der Waals surface area contributed by atoms with E-state index in [0.29, 0.717) is 16.3 Å². The van der Waals surface area contributed by atoms with E-state index in [0.717, 1.165) is 5.39 Å². The minimum absolute atomic E-state index is 0.250. The Morgan fingerprint density at radius 2 is 2.14 bits per heavy atom. The van der Waals surface area contributed by atoms with Crippen LogP contribution in [0.3, 0.4) is 0 Å². The van der Waals surface area contributed by atoms with E-state index in [9.17, 15) is 9.90 Å². The quantitative estimate of drug-likeness (QED) is 0.776. The first-order valence-corrected chi connectivity index (χ1v) is 7.06. The summed E-state index contributed by atoms with van der Waals surface area (Å²) in [5, 5.41) is 13.5. The molecule has 2 heterocycles. The Hall–Kier alpha value is -2.37. The molecule has 0 fully saturated rings. The summed E-state index contributed by atoms with van der Waals surface area (Å²) >= 11 is 5.94. The summed E-state index contributed by atoms with van der Waals surface area (Å²) in [6.07, 6.45) is 1.49. The van der Waals surface area contributed by atoms with E-state index in [4.69, 9.17) is 16.0 Å². The minimum atomic E-state index is -0.612. The molecule has 0 aliphatic heterocycles. The Morgan fingerprint density at radius 3 is 2.86 bits per heavy atom. The van der Waals surface area contributed by atoms with Crippen molar-refractivity contribution in [3.63, 3.8) is 0 Å². The number of rotatable bonds is 4. The molecule has 22 heavy (non-hydrogen) atoms. The molecule has 2 N–H and O–H groups in total. The van der Waals surface area contributed by atoms with Gasteiger partial charge in [0.1, 0.15) is 17.5 Å². The molecule has 0 aliphatic rings. The van der Waals surface area contributed by atoms with E-state index in [1.807, 2.05) is 6.07 Å². The number of hydrogen-bond acceptors (Lipinski definition) is 4. The molecule has 1 atom stereocenters. The second kappa shape index (κ2) is 6.17. The van der Waals surface area contributed by atoms with Gasteiger partial charge < -0.3 is 14.8 Å². The first kappa shape index (κ1) is 14.6. The molecule has 0 spiro atoms. The van der Waals surface area contributed by atoms with E-state index in [1.54, 1.807) is 36.4 Å². The third-order valence-electron chi connectivity index (χ3n) is 3.26. The number of aliphatic hydroxyl groups excluding tert-OH is 1. The normalized spacial score (nSPS) is 12.3. The average Bonchev–Trinajstić information content (AvgIpc) is 3.05. The molecule has 3 aromatic rings. The van der Waals surface area contributed by atoms with Crippen LogP contribution in [0.5, 0.6) is 0 Å². The van der Waals surface area contributed by atoms with Crippen LogP contribution in [-0.2, 0) is 0 Å². The summed E-state index contributed by atoms with van der Waals surface area (Å²) in [4.78, 5) is 16.6. The lowest BCUT2D eigenvalue weighted by atomic mass is 10.2. The number of fused-ring (bicyclic) bond motifs is 1. The van der Waals surface area contributed by atoms with E-state index in [1.165, 1.54) is 6.26 Å². The van der Waals surface area contributed by atoms with Gasteiger partial charge in [0.2, 0.25) is 0 Å². The fourth-order valence-electron chi connectivity index (χ4n) is 2.15. The first-order valence-electron chi connectivity index (χ1n) is 6.69. The lowest BCUT2D eigenvalue weighted by molar-refractivity contribution is 0.0902. The number of amides is 1. The third-order valence-corrected chi connectivity index (χ3v) is 3.50. The molecule has 0 aliphatic carbocycles. The molecule has 112 valence electrons. The van der Waals surface area contributed by atoms with Crippen molar-refractivity contribution in [1.82, 2.24) is 10.3 Å². The van der Waals surface area contributed by atoms with Crippen molar-refractivity contribution in [3.8, 4) is 0 Å². The summed E-state index contributed by atoms with van der Waals surface area (Å²) in [7, 11) is 0. The first-order chi connectivity index (χ1) is 10.7. The van der Waals surface area contributed by atoms with E-state index in [-0.39, 0.29) is 12.3 Å². The van der Waals surface area contributed by atoms with Crippen LogP contribution in [0.2, 0.25) is 5.02 Å². The zero-order valence-electron chi connectivity index (χ0n) is 11.5. The van der Waals surface area contributed by atoms with Gasteiger partial charge in [0.05, 0.1) is 18.4 Å². The predicted octanol–water partition coefficient (Wildman–Crippen LogP) is 2.94. The highest BCUT2D eigenvalue weighted by molar-refractivity contribution is 6.31. The zero-order valence-corrected chi connectivity index (χ0v) is 12.2. The summed E-state index contributed by atoms with van der Waals surface area (Å²) in [5.74, 6) is 0.0945. The smallest absolute Gasteiger partial charge is 0.270 e. The van der Waals surface area contributed by atoms with Gasteiger partial charge in [-0.05, 0) is 30.3 Å². The van der Waals surface area contributed by atoms with Crippen LogP contribution in [-0.4, -0.2) is 22.6 Å². The lowest BCUT2D eigenvalue weighted by Gasteiger charge is -2.13. The zero-order chi connectivity index (χ0) is 15.5. The van der Waals surface area contributed by atoms with Crippen molar-refractivity contribution in [2.45, 2.75) is 6.04 Å². The highest BCUT2D eigenvalue weighted by Crippen LogP contribution is 2.19. The second-order valence-electron chi connectivity index (χ2n) is 4.76. The van der Waals surface area contributed by atoms with Crippen molar-refractivity contribution in [3.05, 3.63) is 65.2 Å². The highest BCUT2D eigenvalue weighted by Gasteiger charge is 2.18. The molecule has 5 nitrogen and oxygen atoms in total. The number of aromatic nitrogens is 1. The van der Waals surface area contributed by atoms with Crippen LogP contribution in [0.25, 0.3) is 10.9 Å². The van der Waals surface area contributed by atoms with Gasteiger partial charge in [-0.25, -0.2) is 4.98 Å². The largest absolute Gasteiger partial charge is 0.467 e. The summed E-state index contributed by atoms with van der Waals surface area (Å²) in [6, 6.07) is 11.5. The Labute approximate surface area is 131 Å². The van der Waals surface area contributed by atoms with Crippen LogP contribution >= 0.6 is 11.6 Å². The number of halogens is 1. The van der Waals surface area contributed by atoms with Gasteiger partial charge in [-0.15, -0.1) is 0 Å². The SMILES string of the molecule is O=C(NC(CO)c1ccco1)c1ccc2ccc(Cl)cc2n1. The van der Waals surface area contributed by atoms with Crippen LogP contribution < -0.4 is 5.32 Å². The van der Waals surface area contributed by atoms with Crippen molar-refractivity contribution in [2.75, 3.05) is 6.61 Å². The van der Waals surface area contributed by atoms with Crippen LogP contribution in [0.1, 0.15) is 22.3 Å². The molecule has 0 radical (unpaired) electrons. The van der Waals surface area contributed by atoms with Crippen molar-refractivity contribution < 1.29 is 14.3 Å². The maximum absolute atomic E-state index is 12.3. The molecule has 1 unspecified atom stereocenters. The van der Waals surface area contributed by atoms with E-state index >= 15 is 0 Å². The number of aliphatic hydroxyl groups is 1. The highest BCUT2D eigenvalue weighted by atomic mass is 35.5. The molecule has 0 saturated carbocycles. The second-order valence-corrected chi connectivity index (χ2v) is 5.19. The molecule has 2 aromatic heterocycles. The number of carbonyl (C=O) groups is 1. The molecule has 0 bridgehead atoms. The minimum Gasteiger partial charge on any atom is -0.467 e. The van der Waals surface area contributed by atoms with Crippen LogP contribution in [0.15, 0.2) is 53.1 Å². The number of nitrogens with one attached hydrogen (secondary N) is 1. The standard InChI is InChI=1S/C16H13ClN2O3/c17-11-5-3-10-4-6-12(18-13(10)8-11)16(21)19-14(9-20)15-2-1-7-22-15/h1-8,14,20H,9H2,(H,19,21). The van der Waals surface area contributed by atoms with Gasteiger partial charge >= 0.3 is 0 Å². The predicted molar refractivity (Wildman–Crippen MR) is 82.8 cm³/mol. The number of hydrogen-bond donors (Lipinski definition) is 2. The molecule has 1 amide bonds. The number of carbonyl (C=O) groups excluding carboxylic acids is 1. The number of benzene rings is 1. The monoisotopic (exact) mass is 316 g/mol. The molecule has 6 heteroatoms. The summed E-state index contributed by atoms with van der Waals surface area (Å²) in [5.41, 5.74) is 0.887. The van der Waals surface area contributed by atoms with Gasteiger partial charge in [-0.3, -0.25) is 4.79 Å². The number of nitrogens with zero attached hydrogens (tertiary/aromatic N) is 1. The van der Waals surface area contributed by atoms with E-state index in [2.05, 4.69) is 10.3 Å². The van der Waals surface area contributed by atoms with Gasteiger partial charge in [0, 0.05) is 10.4 Å². The number of pyridine rings is 1.